The predicted molar refractivity (Wildman–Crippen MR) is 68.9 cm³/mol. The Morgan fingerprint density at radius 1 is 1.25 bits per heavy atom. The Morgan fingerprint density at radius 2 is 1.79 bits per heavy atom. The molecular weight excluding hydrogens is 343 g/mol. The van der Waals surface area contributed by atoms with Crippen LogP contribution in [-0.2, 0) is 19.0 Å². The van der Waals surface area contributed by atoms with Crippen LogP contribution in [0.3, 0.4) is 0 Å². The molecule has 0 bridgehead atoms. The number of carbonyl (C=O) groups excluding carboxylic acids is 1. The molecule has 0 amide bonds. The summed E-state index contributed by atoms with van der Waals surface area (Å²) in [5.74, 6) is -10.1. The molecule has 2 aliphatic rings. The number of alkyl halides is 5. The van der Waals surface area contributed by atoms with Crippen LogP contribution in [0.25, 0.3) is 0 Å². The zero-order valence-corrected chi connectivity index (χ0v) is 12.8. The fraction of sp³-hybridized carbons (Fsp3) is 0.786. The Kier molecular flexibility index (Phi) is 4.70. The highest BCUT2D eigenvalue weighted by Gasteiger charge is 2.80. The molecule has 1 unspecified atom stereocenters. The van der Waals surface area contributed by atoms with Crippen molar-refractivity contribution in [2.75, 3.05) is 6.79 Å². The highest BCUT2D eigenvalue weighted by molar-refractivity contribution is 5.87. The molecule has 1 atom stereocenters. The van der Waals surface area contributed by atoms with Crippen molar-refractivity contribution in [3.05, 3.63) is 12.2 Å². The van der Waals surface area contributed by atoms with Gasteiger partial charge in [0.05, 0.1) is 0 Å². The molecule has 1 aliphatic heterocycles. The highest BCUT2D eigenvalue weighted by Crippen LogP contribution is 2.56. The van der Waals surface area contributed by atoms with Crippen LogP contribution >= 0.6 is 0 Å². The lowest BCUT2D eigenvalue weighted by Crippen LogP contribution is -2.74. The number of halogens is 5. The lowest BCUT2D eigenvalue weighted by molar-refractivity contribution is -0.504. The summed E-state index contributed by atoms with van der Waals surface area (Å²) in [6.07, 6.45) is -7.77. The summed E-state index contributed by atoms with van der Waals surface area (Å²) in [5, 5.41) is 9.46. The van der Waals surface area contributed by atoms with Crippen molar-refractivity contribution in [1.29, 1.82) is 0 Å². The Morgan fingerprint density at radius 3 is 2.25 bits per heavy atom. The molecule has 5 nitrogen and oxygen atoms in total. The minimum Gasteiger partial charge on any atom is -0.459 e. The molecule has 0 aromatic carbocycles. The molecule has 1 N–H and O–H groups in total. The van der Waals surface area contributed by atoms with Gasteiger partial charge < -0.3 is 19.3 Å². The Hall–Kier alpha value is -1.26. The van der Waals surface area contributed by atoms with Crippen molar-refractivity contribution < 1.29 is 46.1 Å². The number of carbonyl (C=O) groups is 1. The molecule has 1 heterocycles. The number of rotatable bonds is 2. The van der Waals surface area contributed by atoms with Crippen LogP contribution in [0.1, 0.15) is 32.6 Å². The minimum absolute atomic E-state index is 0.120. The Labute approximate surface area is 134 Å². The summed E-state index contributed by atoms with van der Waals surface area (Å²) in [7, 11) is 0. The topological polar surface area (TPSA) is 65.0 Å². The van der Waals surface area contributed by atoms with E-state index in [-0.39, 0.29) is 18.4 Å². The molecule has 0 radical (unpaired) electrons. The molecule has 0 aromatic rings. The second kappa shape index (κ2) is 5.92. The summed E-state index contributed by atoms with van der Waals surface area (Å²) in [6.45, 7) is 3.66. The van der Waals surface area contributed by atoms with Gasteiger partial charge in [0.15, 0.2) is 6.79 Å². The highest BCUT2D eigenvalue weighted by atomic mass is 19.4. The third-order valence-electron chi connectivity index (χ3n) is 4.35. The fourth-order valence-electron chi connectivity index (χ4n) is 2.86. The van der Waals surface area contributed by atoms with E-state index < -0.39 is 55.2 Å². The Balaban J connectivity index is 2.17. The maximum Gasteiger partial charge on any atom is 0.449 e. The van der Waals surface area contributed by atoms with Gasteiger partial charge in [-0.15, -0.1) is 0 Å². The van der Waals surface area contributed by atoms with Gasteiger partial charge in [-0.3, -0.25) is 0 Å². The van der Waals surface area contributed by atoms with Crippen molar-refractivity contribution in [2.45, 2.75) is 62.2 Å². The molecule has 24 heavy (non-hydrogen) atoms. The van der Waals surface area contributed by atoms with Gasteiger partial charge in [-0.05, 0) is 32.6 Å². The summed E-state index contributed by atoms with van der Waals surface area (Å²) in [5.41, 5.74) is -2.42. The number of esters is 1. The minimum atomic E-state index is -5.70. The summed E-state index contributed by atoms with van der Waals surface area (Å²) < 4.78 is 81.4. The first kappa shape index (κ1) is 19.1. The van der Waals surface area contributed by atoms with Crippen molar-refractivity contribution in [3.63, 3.8) is 0 Å². The first-order chi connectivity index (χ1) is 10.9. The number of hydrogen-bond donors (Lipinski definition) is 1. The van der Waals surface area contributed by atoms with Gasteiger partial charge in [-0.2, -0.15) is 22.0 Å². The monoisotopic (exact) mass is 360 g/mol. The van der Waals surface area contributed by atoms with Gasteiger partial charge in [-0.1, -0.05) is 6.58 Å². The maximum absolute atomic E-state index is 14.5. The standard InChI is InChI=1S/C14H17F5O5/c1-8(2)10(20)24-9-3-5-11(6-4-9)12(15,16)13(21,14(17,18)19)23-7-22-11/h9,21H,1,3-7H2,2H3. The molecule has 1 aliphatic carbocycles. The lowest BCUT2D eigenvalue weighted by Gasteiger charge is -2.52. The molecule has 1 saturated carbocycles. The van der Waals surface area contributed by atoms with E-state index in [0.29, 0.717) is 0 Å². The van der Waals surface area contributed by atoms with Crippen LogP contribution < -0.4 is 0 Å². The Bertz CT molecular complexity index is 524. The molecule has 1 spiro atoms. The number of hydrogen-bond acceptors (Lipinski definition) is 5. The average Bonchev–Trinajstić information content (AvgIpc) is 2.46. The number of aliphatic hydroxyl groups is 1. The van der Waals surface area contributed by atoms with Gasteiger partial charge in [0, 0.05) is 5.57 Å². The maximum atomic E-state index is 14.5. The second-order valence-corrected chi connectivity index (χ2v) is 6.00. The molecule has 138 valence electrons. The van der Waals surface area contributed by atoms with E-state index in [9.17, 15) is 31.9 Å². The van der Waals surface area contributed by atoms with Crippen molar-refractivity contribution in [1.82, 2.24) is 0 Å². The average molecular weight is 360 g/mol. The van der Waals surface area contributed by atoms with Crippen LogP contribution in [0, 0.1) is 0 Å². The van der Waals surface area contributed by atoms with Crippen LogP contribution in [-0.4, -0.2) is 47.5 Å². The molecule has 2 rings (SSSR count). The van der Waals surface area contributed by atoms with Crippen LogP contribution in [0.2, 0.25) is 0 Å². The van der Waals surface area contributed by atoms with Gasteiger partial charge in [0.1, 0.15) is 11.7 Å². The lowest BCUT2D eigenvalue weighted by atomic mass is 9.75. The molecule has 10 heteroatoms. The van der Waals surface area contributed by atoms with Crippen molar-refractivity contribution in [3.8, 4) is 0 Å². The van der Waals surface area contributed by atoms with Crippen LogP contribution in [0.5, 0.6) is 0 Å². The van der Waals surface area contributed by atoms with Crippen molar-refractivity contribution >= 4 is 5.97 Å². The quantitative estimate of drug-likeness (QED) is 0.466. The third kappa shape index (κ3) is 2.80. The first-order valence-corrected chi connectivity index (χ1v) is 7.18. The van der Waals surface area contributed by atoms with Gasteiger partial charge in [-0.25, -0.2) is 4.79 Å². The predicted octanol–water partition coefficient (Wildman–Crippen LogP) is 2.68. The summed E-state index contributed by atoms with van der Waals surface area (Å²) in [6, 6.07) is 0. The van der Waals surface area contributed by atoms with Gasteiger partial charge >= 0.3 is 23.9 Å². The van der Waals surface area contributed by atoms with Crippen LogP contribution in [0.15, 0.2) is 12.2 Å². The van der Waals surface area contributed by atoms with E-state index >= 15 is 0 Å². The molecule has 1 saturated heterocycles. The fourth-order valence-corrected chi connectivity index (χ4v) is 2.86. The molecule has 2 fully saturated rings. The molecular formula is C14H17F5O5. The first-order valence-electron chi connectivity index (χ1n) is 7.18. The zero-order valence-electron chi connectivity index (χ0n) is 12.8. The third-order valence-corrected chi connectivity index (χ3v) is 4.35. The normalized spacial score (nSPS) is 36.4. The van der Waals surface area contributed by atoms with Gasteiger partial charge in [0.25, 0.3) is 0 Å². The van der Waals surface area contributed by atoms with E-state index in [1.54, 1.807) is 0 Å². The van der Waals surface area contributed by atoms with E-state index in [2.05, 4.69) is 11.3 Å². The SMILES string of the molecule is C=C(C)C(=O)OC1CCC2(CC1)OCOC(O)(C(F)(F)F)C2(F)F. The smallest absolute Gasteiger partial charge is 0.449 e. The molecule has 0 aromatic heterocycles. The summed E-state index contributed by atoms with van der Waals surface area (Å²) >= 11 is 0. The largest absolute Gasteiger partial charge is 0.459 e. The van der Waals surface area contributed by atoms with E-state index in [1.165, 1.54) is 6.92 Å². The van der Waals surface area contributed by atoms with E-state index in [4.69, 9.17) is 9.47 Å². The number of ether oxygens (including phenoxy) is 3. The van der Waals surface area contributed by atoms with Gasteiger partial charge in [0.2, 0.25) is 0 Å². The zero-order chi connectivity index (χ0) is 18.4. The van der Waals surface area contributed by atoms with Crippen LogP contribution in [0.4, 0.5) is 22.0 Å². The summed E-state index contributed by atoms with van der Waals surface area (Å²) in [4.78, 5) is 11.4. The van der Waals surface area contributed by atoms with E-state index in [1.807, 2.05) is 0 Å². The van der Waals surface area contributed by atoms with E-state index in [0.717, 1.165) is 0 Å². The second-order valence-electron chi connectivity index (χ2n) is 6.00. The van der Waals surface area contributed by atoms with Crippen molar-refractivity contribution in [2.24, 2.45) is 0 Å².